The summed E-state index contributed by atoms with van der Waals surface area (Å²) in [5, 5.41) is 7.14. The van der Waals surface area contributed by atoms with Gasteiger partial charge in [0.2, 0.25) is 0 Å². The van der Waals surface area contributed by atoms with Crippen molar-refractivity contribution in [2.24, 2.45) is 0 Å². The van der Waals surface area contributed by atoms with Crippen LogP contribution in [0.25, 0.3) is 0 Å². The molecule has 2 saturated heterocycles. The third-order valence-electron chi connectivity index (χ3n) is 6.76. The third kappa shape index (κ3) is 3.67. The standard InChI is InChI=1S/C21H23ClF3N5O/c22-17-18(20(31)29-10-9-28-8-4-7-14(28)12-29)27-30-16(21(23,24)25)11-15(26-19(17)30)13-5-2-1-3-6-13/h1-3,5-6,14-16,26H,4,7-12H2/p+1/t14-,15-,16+/m1/s1. The van der Waals surface area contributed by atoms with Gasteiger partial charge in [-0.3, -0.25) is 4.79 Å². The Kier molecular flexibility index (Phi) is 5.13. The maximum Gasteiger partial charge on any atom is 0.410 e. The maximum atomic E-state index is 13.9. The summed E-state index contributed by atoms with van der Waals surface area (Å²) in [6.45, 7) is 3.12. The highest BCUT2D eigenvalue weighted by Crippen LogP contribution is 2.46. The molecule has 5 rings (SSSR count). The first-order valence-corrected chi connectivity index (χ1v) is 11.0. The molecule has 3 aliphatic heterocycles. The molecule has 6 nitrogen and oxygen atoms in total. The number of benzene rings is 1. The molecule has 10 heteroatoms. The van der Waals surface area contributed by atoms with Gasteiger partial charge in [-0.05, 0) is 5.56 Å². The van der Waals surface area contributed by atoms with Crippen molar-refractivity contribution in [3.8, 4) is 0 Å². The van der Waals surface area contributed by atoms with Crippen molar-refractivity contribution in [1.82, 2.24) is 14.7 Å². The first-order chi connectivity index (χ1) is 14.8. The molecule has 166 valence electrons. The van der Waals surface area contributed by atoms with Crippen LogP contribution in [-0.2, 0) is 0 Å². The Balaban J connectivity index is 1.47. The highest BCUT2D eigenvalue weighted by atomic mass is 35.5. The van der Waals surface area contributed by atoms with E-state index in [0.717, 1.165) is 36.2 Å². The maximum absolute atomic E-state index is 13.9. The van der Waals surface area contributed by atoms with Crippen LogP contribution >= 0.6 is 11.6 Å². The van der Waals surface area contributed by atoms with Crippen LogP contribution in [0.2, 0.25) is 5.02 Å². The first kappa shape index (κ1) is 20.6. The van der Waals surface area contributed by atoms with Gasteiger partial charge in [-0.1, -0.05) is 41.9 Å². The minimum atomic E-state index is -4.52. The van der Waals surface area contributed by atoms with Crippen molar-refractivity contribution in [3.63, 3.8) is 0 Å². The number of nitrogens with one attached hydrogen (secondary N) is 2. The van der Waals surface area contributed by atoms with Gasteiger partial charge in [0.05, 0.1) is 32.2 Å². The van der Waals surface area contributed by atoms with Crippen LogP contribution in [0.4, 0.5) is 19.0 Å². The summed E-state index contributed by atoms with van der Waals surface area (Å²) in [7, 11) is 0. The molecule has 1 aromatic carbocycles. The van der Waals surface area contributed by atoms with Crippen molar-refractivity contribution in [3.05, 3.63) is 46.6 Å². The van der Waals surface area contributed by atoms with Gasteiger partial charge >= 0.3 is 6.18 Å². The summed E-state index contributed by atoms with van der Waals surface area (Å²) in [4.78, 5) is 16.4. The van der Waals surface area contributed by atoms with E-state index in [0.29, 0.717) is 19.1 Å². The molecule has 1 unspecified atom stereocenters. The van der Waals surface area contributed by atoms with Crippen LogP contribution in [0.3, 0.4) is 0 Å². The monoisotopic (exact) mass is 454 g/mol. The average Bonchev–Trinajstić information content (AvgIpc) is 3.36. The number of hydrogen-bond acceptors (Lipinski definition) is 3. The number of halogens is 4. The molecule has 2 fully saturated rings. The molecular weight excluding hydrogens is 431 g/mol. The molecule has 4 heterocycles. The summed E-state index contributed by atoms with van der Waals surface area (Å²) in [5.74, 6) is -0.339. The van der Waals surface area contributed by atoms with Crippen molar-refractivity contribution in [1.29, 1.82) is 0 Å². The molecule has 1 amide bonds. The fourth-order valence-corrected chi connectivity index (χ4v) is 5.39. The number of nitrogens with zero attached hydrogens (tertiary/aromatic N) is 3. The summed E-state index contributed by atoms with van der Waals surface area (Å²) >= 11 is 6.47. The Bertz CT molecular complexity index is 979. The molecule has 0 spiro atoms. The van der Waals surface area contributed by atoms with Crippen LogP contribution in [0.1, 0.15) is 47.4 Å². The van der Waals surface area contributed by atoms with E-state index in [1.54, 1.807) is 29.2 Å². The number of anilines is 1. The topological polar surface area (TPSA) is 54.6 Å². The number of quaternary nitrogens is 1. The lowest BCUT2D eigenvalue weighted by Crippen LogP contribution is -3.16. The number of fused-ring (bicyclic) bond motifs is 2. The Labute approximate surface area is 182 Å². The number of hydrogen-bond donors (Lipinski definition) is 2. The van der Waals surface area contributed by atoms with E-state index in [9.17, 15) is 18.0 Å². The zero-order valence-corrected chi connectivity index (χ0v) is 17.6. The molecule has 0 radical (unpaired) electrons. The van der Waals surface area contributed by atoms with Gasteiger partial charge in [0, 0.05) is 19.3 Å². The molecule has 0 bridgehead atoms. The smallest absolute Gasteiger partial charge is 0.362 e. The molecule has 0 saturated carbocycles. The second-order valence-electron chi connectivity index (χ2n) is 8.61. The van der Waals surface area contributed by atoms with Crippen LogP contribution in [0, 0.1) is 0 Å². The summed E-state index contributed by atoms with van der Waals surface area (Å²) in [6, 6.07) is 6.89. The number of rotatable bonds is 2. The summed E-state index contributed by atoms with van der Waals surface area (Å²) in [6.07, 6.45) is -2.54. The Hall–Kier alpha value is -2.26. The molecule has 3 aliphatic rings. The lowest BCUT2D eigenvalue weighted by atomic mass is 9.97. The molecule has 4 atom stereocenters. The third-order valence-corrected chi connectivity index (χ3v) is 7.12. The largest absolute Gasteiger partial charge is 0.410 e. The Morgan fingerprint density at radius 2 is 2.00 bits per heavy atom. The zero-order valence-electron chi connectivity index (χ0n) is 16.8. The first-order valence-electron chi connectivity index (χ1n) is 10.6. The number of carbonyl (C=O) groups is 1. The van der Waals surface area contributed by atoms with Crippen molar-refractivity contribution < 1.29 is 22.9 Å². The molecule has 0 aliphatic carbocycles. The normalized spacial score (nSPS) is 28.1. The van der Waals surface area contributed by atoms with Gasteiger partial charge in [-0.15, -0.1) is 0 Å². The SMILES string of the molecule is O=C(c1nn2c(c1Cl)N[C@@H](c1ccccc1)C[C@H]2C(F)(F)F)N1CC[NH+]2CCC[C@@H]2C1. The minimum absolute atomic E-state index is 0.0407. The van der Waals surface area contributed by atoms with Gasteiger partial charge in [0.1, 0.15) is 16.9 Å². The zero-order chi connectivity index (χ0) is 21.8. The highest BCUT2D eigenvalue weighted by Gasteiger charge is 2.48. The van der Waals surface area contributed by atoms with E-state index in [1.807, 2.05) is 6.07 Å². The summed E-state index contributed by atoms with van der Waals surface area (Å²) < 4.78 is 42.6. The van der Waals surface area contributed by atoms with Gasteiger partial charge in [0.25, 0.3) is 5.91 Å². The molecular formula is C21H24ClF3N5O+. The molecule has 1 aromatic heterocycles. The number of amides is 1. The Morgan fingerprint density at radius 3 is 2.74 bits per heavy atom. The fourth-order valence-electron chi connectivity index (χ4n) is 5.13. The van der Waals surface area contributed by atoms with Gasteiger partial charge < -0.3 is 15.1 Å². The number of aromatic nitrogens is 2. The number of piperazine rings is 1. The number of alkyl halides is 3. The lowest BCUT2D eigenvalue weighted by Gasteiger charge is -2.34. The molecule has 2 aromatic rings. The number of carbonyl (C=O) groups excluding carboxylic acids is 1. The van der Waals surface area contributed by atoms with E-state index < -0.39 is 24.2 Å². The lowest BCUT2D eigenvalue weighted by molar-refractivity contribution is -0.916. The van der Waals surface area contributed by atoms with E-state index in [2.05, 4.69) is 10.4 Å². The van der Waals surface area contributed by atoms with Gasteiger partial charge in [-0.2, -0.15) is 18.3 Å². The predicted molar refractivity (Wildman–Crippen MR) is 109 cm³/mol. The molecule has 2 N–H and O–H groups in total. The van der Waals surface area contributed by atoms with Crippen LogP contribution in [0.5, 0.6) is 0 Å². The van der Waals surface area contributed by atoms with Gasteiger partial charge in [0.15, 0.2) is 11.7 Å². The predicted octanol–water partition coefficient (Wildman–Crippen LogP) is 2.70. The van der Waals surface area contributed by atoms with Crippen molar-refractivity contribution in [2.45, 2.75) is 43.6 Å². The summed E-state index contributed by atoms with van der Waals surface area (Å²) in [5.41, 5.74) is 0.627. The highest BCUT2D eigenvalue weighted by molar-refractivity contribution is 6.36. The van der Waals surface area contributed by atoms with Crippen molar-refractivity contribution in [2.75, 3.05) is 31.5 Å². The van der Waals surface area contributed by atoms with Crippen LogP contribution < -0.4 is 10.2 Å². The van der Waals surface area contributed by atoms with E-state index in [-0.39, 0.29) is 23.0 Å². The second kappa shape index (κ2) is 7.70. The van der Waals surface area contributed by atoms with Crippen LogP contribution in [0.15, 0.2) is 30.3 Å². The van der Waals surface area contributed by atoms with E-state index in [4.69, 9.17) is 11.6 Å². The van der Waals surface area contributed by atoms with E-state index in [1.165, 1.54) is 4.90 Å². The second-order valence-corrected chi connectivity index (χ2v) is 8.98. The minimum Gasteiger partial charge on any atom is -0.362 e. The van der Waals surface area contributed by atoms with E-state index >= 15 is 0 Å². The fraction of sp³-hybridized carbons (Fsp3) is 0.524. The molecule has 31 heavy (non-hydrogen) atoms. The average molecular weight is 455 g/mol. The van der Waals surface area contributed by atoms with Crippen molar-refractivity contribution >= 4 is 23.3 Å². The Morgan fingerprint density at radius 1 is 1.23 bits per heavy atom. The van der Waals surface area contributed by atoms with Gasteiger partial charge in [-0.25, -0.2) is 4.68 Å². The van der Waals surface area contributed by atoms with Crippen LogP contribution in [-0.4, -0.2) is 59.0 Å². The quantitative estimate of drug-likeness (QED) is 0.733.